The van der Waals surface area contributed by atoms with E-state index in [-0.39, 0.29) is 0 Å². The third-order valence-corrected chi connectivity index (χ3v) is 10.2. The molecule has 0 spiro atoms. The Morgan fingerprint density at radius 2 is 0.926 bits per heavy atom. The zero-order valence-corrected chi connectivity index (χ0v) is 28.8. The van der Waals surface area contributed by atoms with E-state index in [0.717, 1.165) is 88.0 Å². The first-order valence-electron chi connectivity index (χ1n) is 17.9. The lowest BCUT2D eigenvalue weighted by Crippen LogP contribution is -2.00. The number of benzene rings is 8. The lowest BCUT2D eigenvalue weighted by atomic mass is 9.96. The molecule has 0 aliphatic heterocycles. The van der Waals surface area contributed by atoms with Gasteiger partial charge in [-0.1, -0.05) is 133 Å². The van der Waals surface area contributed by atoms with Gasteiger partial charge in [0.2, 0.25) is 5.89 Å². The molecule has 252 valence electrons. The first-order chi connectivity index (χ1) is 26.7. The summed E-state index contributed by atoms with van der Waals surface area (Å²) in [6.45, 7) is 0. The molecule has 0 saturated carbocycles. The molecule has 8 aromatic carbocycles. The lowest BCUT2D eigenvalue weighted by molar-refractivity contribution is 0.623. The van der Waals surface area contributed by atoms with Crippen molar-refractivity contribution in [3.8, 4) is 56.7 Å². The van der Waals surface area contributed by atoms with E-state index in [1.54, 1.807) is 0 Å². The van der Waals surface area contributed by atoms with Gasteiger partial charge in [0.15, 0.2) is 23.1 Å². The van der Waals surface area contributed by atoms with E-state index in [4.69, 9.17) is 28.8 Å². The van der Waals surface area contributed by atoms with Gasteiger partial charge < -0.3 is 8.83 Å². The number of rotatable bonds is 5. The van der Waals surface area contributed by atoms with E-state index in [1.165, 1.54) is 0 Å². The van der Waals surface area contributed by atoms with Crippen molar-refractivity contribution < 1.29 is 8.83 Å². The van der Waals surface area contributed by atoms with Crippen molar-refractivity contribution in [1.29, 1.82) is 0 Å². The molecule has 0 N–H and O–H groups in total. The molecule has 0 unspecified atom stereocenters. The van der Waals surface area contributed by atoms with Crippen molar-refractivity contribution in [2.75, 3.05) is 0 Å². The van der Waals surface area contributed by atoms with Gasteiger partial charge in [-0.25, -0.2) is 19.9 Å². The standard InChI is InChI=1S/C48H28N4O2/c1-3-12-30(13-4-1)45-50-46(52-47(51-45)38-19-11-21-41-42(38)37-18-9-10-20-40(37)53-41)31-24-22-29(23-25-31)33-26-27-36-39(28-33)34-16-7-8-17-35(34)43-44(36)54-48(49-43)32-14-5-2-6-15-32/h1-28H. The topological polar surface area (TPSA) is 77.8 Å². The molecule has 0 aliphatic carbocycles. The molecule has 0 aliphatic rings. The summed E-state index contributed by atoms with van der Waals surface area (Å²) in [7, 11) is 0. The second-order valence-corrected chi connectivity index (χ2v) is 13.4. The number of para-hydroxylation sites is 1. The summed E-state index contributed by atoms with van der Waals surface area (Å²) in [5.74, 6) is 2.42. The second kappa shape index (κ2) is 12.1. The Kier molecular flexibility index (Phi) is 6.75. The van der Waals surface area contributed by atoms with Crippen LogP contribution in [-0.2, 0) is 0 Å². The smallest absolute Gasteiger partial charge is 0.227 e. The molecule has 54 heavy (non-hydrogen) atoms. The Hall–Kier alpha value is -7.44. The minimum atomic E-state index is 0.593. The number of furan rings is 1. The molecule has 11 aromatic rings. The highest BCUT2D eigenvalue weighted by atomic mass is 16.3. The van der Waals surface area contributed by atoms with Gasteiger partial charge in [-0.2, -0.15) is 0 Å². The zero-order valence-electron chi connectivity index (χ0n) is 28.8. The predicted molar refractivity (Wildman–Crippen MR) is 217 cm³/mol. The zero-order chi connectivity index (χ0) is 35.6. The van der Waals surface area contributed by atoms with Crippen LogP contribution in [0.15, 0.2) is 179 Å². The third-order valence-electron chi connectivity index (χ3n) is 10.2. The quantitative estimate of drug-likeness (QED) is 0.167. The summed E-state index contributed by atoms with van der Waals surface area (Å²) in [4.78, 5) is 20.1. The monoisotopic (exact) mass is 692 g/mol. The average Bonchev–Trinajstić information content (AvgIpc) is 3.87. The third kappa shape index (κ3) is 4.89. The van der Waals surface area contributed by atoms with Gasteiger partial charge in [0, 0.05) is 43.8 Å². The van der Waals surface area contributed by atoms with Gasteiger partial charge in [-0.3, -0.25) is 0 Å². The van der Waals surface area contributed by atoms with Crippen molar-refractivity contribution in [1.82, 2.24) is 19.9 Å². The van der Waals surface area contributed by atoms with Crippen LogP contribution in [0.25, 0.3) is 111 Å². The number of nitrogens with zero attached hydrogens (tertiary/aromatic N) is 4. The maximum atomic E-state index is 6.47. The fraction of sp³-hybridized carbons (Fsp3) is 0. The maximum Gasteiger partial charge on any atom is 0.227 e. The molecule has 6 nitrogen and oxygen atoms in total. The van der Waals surface area contributed by atoms with Crippen LogP contribution in [-0.4, -0.2) is 19.9 Å². The van der Waals surface area contributed by atoms with Crippen molar-refractivity contribution in [2.45, 2.75) is 0 Å². The van der Waals surface area contributed by atoms with Crippen molar-refractivity contribution in [3.63, 3.8) is 0 Å². The summed E-state index contributed by atoms with van der Waals surface area (Å²) < 4.78 is 12.7. The van der Waals surface area contributed by atoms with Crippen LogP contribution < -0.4 is 0 Å². The van der Waals surface area contributed by atoms with E-state index >= 15 is 0 Å². The fourth-order valence-corrected chi connectivity index (χ4v) is 7.57. The normalized spacial score (nSPS) is 11.7. The number of oxazole rings is 1. The SMILES string of the molecule is c1ccc(-c2nc(-c3ccc(-c4ccc5c(c4)c4ccccc4c4nc(-c6ccccc6)oc54)cc3)nc(-c3cccc4oc5ccccc5c34)n2)cc1. The maximum absolute atomic E-state index is 6.47. The molecule has 0 bridgehead atoms. The van der Waals surface area contributed by atoms with E-state index in [9.17, 15) is 0 Å². The first-order valence-corrected chi connectivity index (χ1v) is 17.9. The Bertz CT molecular complexity index is 3200. The van der Waals surface area contributed by atoms with E-state index < -0.39 is 0 Å². The predicted octanol–water partition coefficient (Wildman–Crippen LogP) is 12.6. The molecule has 0 amide bonds. The highest BCUT2D eigenvalue weighted by Crippen LogP contribution is 2.40. The van der Waals surface area contributed by atoms with Crippen LogP contribution >= 0.6 is 0 Å². The summed E-state index contributed by atoms with van der Waals surface area (Å²) in [5.41, 5.74) is 9.14. The van der Waals surface area contributed by atoms with Crippen molar-refractivity contribution >= 4 is 54.6 Å². The summed E-state index contributed by atoms with van der Waals surface area (Å²) >= 11 is 0. The van der Waals surface area contributed by atoms with E-state index in [2.05, 4.69) is 78.9 Å². The largest absolute Gasteiger partial charge is 0.456 e. The number of hydrogen-bond donors (Lipinski definition) is 0. The van der Waals surface area contributed by atoms with Gasteiger partial charge in [-0.15, -0.1) is 0 Å². The van der Waals surface area contributed by atoms with Crippen LogP contribution in [0, 0.1) is 0 Å². The van der Waals surface area contributed by atoms with Gasteiger partial charge >= 0.3 is 0 Å². The second-order valence-electron chi connectivity index (χ2n) is 13.4. The Balaban J connectivity index is 1.03. The number of hydrogen-bond acceptors (Lipinski definition) is 6. The lowest BCUT2D eigenvalue weighted by Gasteiger charge is -2.11. The van der Waals surface area contributed by atoms with Gasteiger partial charge in [0.25, 0.3) is 0 Å². The minimum Gasteiger partial charge on any atom is -0.456 e. The van der Waals surface area contributed by atoms with Crippen molar-refractivity contribution in [3.05, 3.63) is 170 Å². The van der Waals surface area contributed by atoms with Crippen LogP contribution in [0.3, 0.4) is 0 Å². The molecule has 0 atom stereocenters. The van der Waals surface area contributed by atoms with Crippen LogP contribution in [0.5, 0.6) is 0 Å². The highest BCUT2D eigenvalue weighted by molar-refractivity contribution is 6.23. The number of fused-ring (bicyclic) bond motifs is 9. The van der Waals surface area contributed by atoms with E-state index in [1.807, 2.05) is 91.0 Å². The van der Waals surface area contributed by atoms with E-state index in [0.29, 0.717) is 23.4 Å². The molecule has 6 heteroatoms. The molecule has 0 saturated heterocycles. The summed E-state index contributed by atoms with van der Waals surface area (Å²) in [6.07, 6.45) is 0. The molecule has 3 aromatic heterocycles. The van der Waals surface area contributed by atoms with Gasteiger partial charge in [-0.05, 0) is 58.3 Å². The Labute approximate surface area is 309 Å². The van der Waals surface area contributed by atoms with Crippen LogP contribution in [0.1, 0.15) is 0 Å². The summed E-state index contributed by atoms with van der Waals surface area (Å²) in [5, 5.41) is 6.37. The summed E-state index contributed by atoms with van der Waals surface area (Å²) in [6, 6.07) is 57.6. The molecular formula is C48H28N4O2. The first kappa shape index (κ1) is 30.2. The highest BCUT2D eigenvalue weighted by Gasteiger charge is 2.19. The Morgan fingerprint density at radius 1 is 0.333 bits per heavy atom. The van der Waals surface area contributed by atoms with Crippen LogP contribution in [0.4, 0.5) is 0 Å². The van der Waals surface area contributed by atoms with Crippen LogP contribution in [0.2, 0.25) is 0 Å². The number of aromatic nitrogens is 4. The van der Waals surface area contributed by atoms with Gasteiger partial charge in [0.05, 0.1) is 0 Å². The average molecular weight is 693 g/mol. The fourth-order valence-electron chi connectivity index (χ4n) is 7.57. The van der Waals surface area contributed by atoms with Gasteiger partial charge in [0.1, 0.15) is 16.7 Å². The minimum absolute atomic E-state index is 0.593. The molecular weight excluding hydrogens is 665 g/mol. The molecule has 11 rings (SSSR count). The molecule has 0 radical (unpaired) electrons. The Morgan fingerprint density at radius 3 is 1.70 bits per heavy atom. The molecule has 3 heterocycles. The van der Waals surface area contributed by atoms with Crippen molar-refractivity contribution in [2.24, 2.45) is 0 Å². The molecule has 0 fully saturated rings.